The minimum absolute atomic E-state index is 0.655. The Morgan fingerprint density at radius 1 is 1.32 bits per heavy atom. The highest BCUT2D eigenvalue weighted by Gasteiger charge is 2.24. The van der Waals surface area contributed by atoms with Gasteiger partial charge in [-0.25, -0.2) is 0 Å². The Hall–Kier alpha value is -0.890. The minimum Gasteiger partial charge on any atom is -0.397 e. The van der Waals surface area contributed by atoms with Crippen LogP contribution in [0.1, 0.15) is 46.0 Å². The van der Waals surface area contributed by atoms with Gasteiger partial charge in [0.15, 0.2) is 0 Å². The lowest BCUT2D eigenvalue weighted by Crippen LogP contribution is -2.35. The molecule has 0 heterocycles. The number of halogens is 1. The molecule has 1 aliphatic carbocycles. The van der Waals surface area contributed by atoms with Gasteiger partial charge in [0, 0.05) is 17.6 Å². The fourth-order valence-electron chi connectivity index (χ4n) is 2.90. The topological polar surface area (TPSA) is 29.3 Å². The normalized spacial score (nSPS) is 16.2. The van der Waals surface area contributed by atoms with Crippen molar-refractivity contribution in [3.05, 3.63) is 23.2 Å². The third-order valence-electron chi connectivity index (χ3n) is 4.01. The standard InChI is InChI=1S/C16H25ClN2/c1-12(2)9-10-19(14-5-3-4-6-14)16-8-7-13(17)11-15(16)18/h7-8,11-12,14H,3-6,9-10,18H2,1-2H3. The molecule has 2 nitrogen and oxygen atoms in total. The summed E-state index contributed by atoms with van der Waals surface area (Å²) in [5, 5.41) is 0.719. The van der Waals surface area contributed by atoms with Crippen LogP contribution in [0, 0.1) is 5.92 Å². The monoisotopic (exact) mass is 280 g/mol. The van der Waals surface area contributed by atoms with E-state index in [2.05, 4.69) is 24.8 Å². The van der Waals surface area contributed by atoms with Crippen LogP contribution in [-0.4, -0.2) is 12.6 Å². The van der Waals surface area contributed by atoms with Crippen LogP contribution in [0.25, 0.3) is 0 Å². The second-order valence-electron chi connectivity index (χ2n) is 6.02. The van der Waals surface area contributed by atoms with Gasteiger partial charge in [-0.3, -0.25) is 0 Å². The molecule has 1 fully saturated rings. The molecule has 0 amide bonds. The van der Waals surface area contributed by atoms with E-state index in [9.17, 15) is 0 Å². The number of benzene rings is 1. The number of hydrogen-bond acceptors (Lipinski definition) is 2. The van der Waals surface area contributed by atoms with Crippen molar-refractivity contribution in [3.8, 4) is 0 Å². The van der Waals surface area contributed by atoms with Gasteiger partial charge in [0.05, 0.1) is 11.4 Å². The number of hydrogen-bond donors (Lipinski definition) is 1. The lowest BCUT2D eigenvalue weighted by molar-refractivity contribution is 0.529. The van der Waals surface area contributed by atoms with Gasteiger partial charge >= 0.3 is 0 Å². The Morgan fingerprint density at radius 2 is 2.00 bits per heavy atom. The predicted molar refractivity (Wildman–Crippen MR) is 84.9 cm³/mol. The molecule has 0 radical (unpaired) electrons. The van der Waals surface area contributed by atoms with Crippen molar-refractivity contribution in [2.24, 2.45) is 5.92 Å². The lowest BCUT2D eigenvalue weighted by Gasteiger charge is -2.33. The fraction of sp³-hybridized carbons (Fsp3) is 0.625. The average molecular weight is 281 g/mol. The van der Waals surface area contributed by atoms with Gasteiger partial charge in [0.25, 0.3) is 0 Å². The first-order valence-corrected chi connectivity index (χ1v) is 7.77. The molecule has 3 heteroatoms. The third-order valence-corrected chi connectivity index (χ3v) is 4.25. The van der Waals surface area contributed by atoms with Gasteiger partial charge in [-0.15, -0.1) is 0 Å². The molecule has 1 saturated carbocycles. The summed E-state index contributed by atoms with van der Waals surface area (Å²) in [6.07, 6.45) is 6.48. The number of nitrogens with two attached hydrogens (primary N) is 1. The number of nitrogen functional groups attached to an aromatic ring is 1. The van der Waals surface area contributed by atoms with E-state index in [1.165, 1.54) is 32.1 Å². The maximum absolute atomic E-state index is 6.17. The number of rotatable bonds is 5. The average Bonchev–Trinajstić information content (AvgIpc) is 2.85. The molecular formula is C16H25ClN2. The maximum atomic E-state index is 6.17. The molecule has 2 N–H and O–H groups in total. The van der Waals surface area contributed by atoms with E-state index in [0.717, 1.165) is 28.9 Å². The second-order valence-corrected chi connectivity index (χ2v) is 6.45. The maximum Gasteiger partial charge on any atom is 0.0603 e. The van der Waals surface area contributed by atoms with Gasteiger partial charge in [0.2, 0.25) is 0 Å². The predicted octanol–water partition coefficient (Wildman–Crippen LogP) is 4.72. The highest BCUT2D eigenvalue weighted by Crippen LogP contribution is 2.33. The Labute approximate surface area is 121 Å². The van der Waals surface area contributed by atoms with Gasteiger partial charge in [0.1, 0.15) is 0 Å². The smallest absolute Gasteiger partial charge is 0.0603 e. The zero-order chi connectivity index (χ0) is 13.8. The Balaban J connectivity index is 2.19. The molecule has 106 valence electrons. The summed E-state index contributed by atoms with van der Waals surface area (Å²) in [6.45, 7) is 5.64. The highest BCUT2D eigenvalue weighted by molar-refractivity contribution is 6.31. The summed E-state index contributed by atoms with van der Waals surface area (Å²) in [6, 6.07) is 6.55. The Kier molecular flexibility index (Phi) is 4.98. The Morgan fingerprint density at radius 3 is 2.58 bits per heavy atom. The summed E-state index contributed by atoms with van der Waals surface area (Å²) in [5.41, 5.74) is 8.14. The van der Waals surface area contributed by atoms with Crippen LogP contribution in [0.3, 0.4) is 0 Å². The van der Waals surface area contributed by atoms with Crippen molar-refractivity contribution in [3.63, 3.8) is 0 Å². The van der Waals surface area contributed by atoms with Crippen LogP contribution in [-0.2, 0) is 0 Å². The van der Waals surface area contributed by atoms with E-state index >= 15 is 0 Å². The zero-order valence-electron chi connectivity index (χ0n) is 12.0. The molecule has 1 aromatic carbocycles. The van der Waals surface area contributed by atoms with Crippen LogP contribution >= 0.6 is 11.6 Å². The van der Waals surface area contributed by atoms with Crippen LogP contribution in [0.5, 0.6) is 0 Å². The van der Waals surface area contributed by atoms with Crippen LogP contribution in [0.4, 0.5) is 11.4 Å². The van der Waals surface area contributed by atoms with Crippen LogP contribution in [0.2, 0.25) is 5.02 Å². The largest absolute Gasteiger partial charge is 0.397 e. The van der Waals surface area contributed by atoms with E-state index in [0.29, 0.717) is 6.04 Å². The Bertz CT molecular complexity index is 411. The fourth-order valence-corrected chi connectivity index (χ4v) is 3.08. The molecule has 0 aliphatic heterocycles. The first-order chi connectivity index (χ1) is 9.08. The summed E-state index contributed by atoms with van der Waals surface area (Å²) < 4.78 is 0. The van der Waals surface area contributed by atoms with Gasteiger partial charge < -0.3 is 10.6 Å². The van der Waals surface area contributed by atoms with Crippen LogP contribution in [0.15, 0.2) is 18.2 Å². The van der Waals surface area contributed by atoms with Crippen molar-refractivity contribution in [2.45, 2.75) is 52.0 Å². The van der Waals surface area contributed by atoms with Crippen LogP contribution < -0.4 is 10.6 Å². The first-order valence-electron chi connectivity index (χ1n) is 7.39. The first kappa shape index (κ1) is 14.5. The molecule has 0 saturated heterocycles. The zero-order valence-corrected chi connectivity index (χ0v) is 12.8. The number of nitrogens with zero attached hydrogens (tertiary/aromatic N) is 1. The highest BCUT2D eigenvalue weighted by atomic mass is 35.5. The van der Waals surface area contributed by atoms with Crippen molar-refractivity contribution < 1.29 is 0 Å². The van der Waals surface area contributed by atoms with E-state index in [1.807, 2.05) is 12.1 Å². The van der Waals surface area contributed by atoms with E-state index < -0.39 is 0 Å². The molecule has 0 atom stereocenters. The molecule has 1 aliphatic rings. The van der Waals surface area contributed by atoms with Crippen molar-refractivity contribution in [2.75, 3.05) is 17.2 Å². The van der Waals surface area contributed by atoms with Gasteiger partial charge in [-0.2, -0.15) is 0 Å². The summed E-state index contributed by atoms with van der Waals surface area (Å²) in [4.78, 5) is 2.51. The van der Waals surface area contributed by atoms with E-state index in [1.54, 1.807) is 0 Å². The molecule has 1 aromatic rings. The van der Waals surface area contributed by atoms with Crippen molar-refractivity contribution in [1.29, 1.82) is 0 Å². The third kappa shape index (κ3) is 3.79. The second kappa shape index (κ2) is 6.51. The minimum atomic E-state index is 0.655. The van der Waals surface area contributed by atoms with Gasteiger partial charge in [-0.1, -0.05) is 38.3 Å². The quantitative estimate of drug-likeness (QED) is 0.791. The number of anilines is 2. The van der Waals surface area contributed by atoms with Gasteiger partial charge in [-0.05, 0) is 43.4 Å². The van der Waals surface area contributed by atoms with Crippen molar-refractivity contribution >= 4 is 23.0 Å². The summed E-state index contributed by atoms with van der Waals surface area (Å²) in [7, 11) is 0. The summed E-state index contributed by atoms with van der Waals surface area (Å²) in [5.74, 6) is 0.720. The van der Waals surface area contributed by atoms with Crippen molar-refractivity contribution in [1.82, 2.24) is 0 Å². The molecular weight excluding hydrogens is 256 g/mol. The van der Waals surface area contributed by atoms with E-state index in [-0.39, 0.29) is 0 Å². The molecule has 0 spiro atoms. The molecule has 19 heavy (non-hydrogen) atoms. The molecule has 0 bridgehead atoms. The molecule has 0 aromatic heterocycles. The van der Waals surface area contributed by atoms with E-state index in [4.69, 9.17) is 17.3 Å². The summed E-state index contributed by atoms with van der Waals surface area (Å²) >= 11 is 6.01. The molecule has 2 rings (SSSR count). The molecule has 0 unspecified atom stereocenters. The SMILES string of the molecule is CC(C)CCN(c1ccc(Cl)cc1N)C1CCCC1. The lowest BCUT2D eigenvalue weighted by atomic mass is 10.1.